The first-order chi connectivity index (χ1) is 20.8. The Morgan fingerprint density at radius 3 is 1.25 bits per heavy atom. The highest BCUT2D eigenvalue weighted by atomic mass is 79.9. The van der Waals surface area contributed by atoms with Crippen molar-refractivity contribution in [2.75, 3.05) is 0 Å². The second-order valence-electron chi connectivity index (χ2n) is 11.9. The van der Waals surface area contributed by atoms with Gasteiger partial charge in [-0.05, 0) is 52.8 Å². The Morgan fingerprint density at radius 1 is 0.568 bits per heavy atom. The van der Waals surface area contributed by atoms with Crippen molar-refractivity contribution in [2.24, 2.45) is 0 Å². The van der Waals surface area contributed by atoms with Gasteiger partial charge in [0.05, 0.1) is 8.05 Å². The predicted octanol–water partition coefficient (Wildman–Crippen LogP) is 16.9. The highest BCUT2D eigenvalue weighted by Crippen LogP contribution is 2.48. The van der Waals surface area contributed by atoms with Crippen LogP contribution in [0.3, 0.4) is 0 Å². The molecule has 0 spiro atoms. The summed E-state index contributed by atoms with van der Waals surface area (Å²) < 4.78 is 1.84. The quantitative estimate of drug-likeness (QED) is 0.0412. The second-order valence-corrected chi connectivity index (χ2v) is 16.6. The zero-order valence-electron chi connectivity index (χ0n) is 28.0. The molecule has 0 saturated carbocycles. The normalized spacial score (nSPS) is 12.3. The van der Waals surface area contributed by atoms with Crippen molar-refractivity contribution in [3.05, 3.63) is 66.3 Å². The monoisotopic (exact) mass is 744 g/mol. The molecule has 0 unspecified atom stereocenters. The highest BCUT2D eigenvalue weighted by Gasteiger charge is 2.16. The fraction of sp³-hybridized carbons (Fsp3) is 0.692. The van der Waals surface area contributed by atoms with E-state index in [-0.39, 0.29) is 7.43 Å². The molecule has 256 valence electrons. The number of unbranched alkanes of at least 4 members (excludes halogenated alkanes) is 20. The molecule has 0 heterocycles. The van der Waals surface area contributed by atoms with Gasteiger partial charge in [0.15, 0.2) is 0 Å². The zero-order valence-corrected chi connectivity index (χ0v) is 33.0. The Labute approximate surface area is 304 Å². The summed E-state index contributed by atoms with van der Waals surface area (Å²) >= 11 is 16.3. The van der Waals surface area contributed by atoms with Crippen LogP contribution in [0, 0.1) is 0 Å². The van der Waals surface area contributed by atoms with Crippen molar-refractivity contribution >= 4 is 64.7 Å². The van der Waals surface area contributed by atoms with Crippen LogP contribution >= 0.6 is 64.7 Å². The molecule has 0 aliphatic rings. The van der Waals surface area contributed by atoms with Crippen molar-refractivity contribution in [3.63, 3.8) is 0 Å². The molecule has 0 amide bonds. The standard InChI is InChI=1S/C38H65BrS4.CH4/c1-7-10-12-14-16-18-20-22-24-26-28-30-32(4)34(6)42-38(37(39)41)43-36(35(40)9-3)33(5)31-29-27-25-23-21-19-17-15-13-11-8-2;/h9,40-41H,3-8,10-31H2,1-2H3;1H4/b36-35+,38-37+;. The van der Waals surface area contributed by atoms with Gasteiger partial charge in [-0.1, -0.05) is 206 Å². The first-order valence-electron chi connectivity index (χ1n) is 17.3. The van der Waals surface area contributed by atoms with Crippen molar-refractivity contribution in [3.8, 4) is 0 Å². The van der Waals surface area contributed by atoms with Crippen LogP contribution in [-0.2, 0) is 0 Å². The number of thioether (sulfide) groups is 2. The van der Waals surface area contributed by atoms with Gasteiger partial charge in [-0.2, -0.15) is 0 Å². The molecular weight excluding hydrogens is 677 g/mol. The molecule has 0 aromatic rings. The lowest BCUT2D eigenvalue weighted by Crippen LogP contribution is -1.91. The summed E-state index contributed by atoms with van der Waals surface area (Å²) in [6.45, 7) is 21.7. The van der Waals surface area contributed by atoms with Crippen molar-refractivity contribution in [1.82, 2.24) is 0 Å². The molecule has 0 aliphatic heterocycles. The summed E-state index contributed by atoms with van der Waals surface area (Å²) in [5.41, 5.74) is 2.25. The third-order valence-electron chi connectivity index (χ3n) is 7.88. The predicted molar refractivity (Wildman–Crippen MR) is 223 cm³/mol. The van der Waals surface area contributed by atoms with Gasteiger partial charge in [0.2, 0.25) is 0 Å². The van der Waals surface area contributed by atoms with Crippen LogP contribution in [0.15, 0.2) is 66.3 Å². The Hall–Kier alpha value is 0.320. The Morgan fingerprint density at radius 2 is 0.909 bits per heavy atom. The minimum Gasteiger partial charge on any atom is -0.142 e. The van der Waals surface area contributed by atoms with Crippen LogP contribution < -0.4 is 0 Å². The van der Waals surface area contributed by atoms with E-state index in [1.165, 1.54) is 135 Å². The minimum atomic E-state index is 0. The molecule has 44 heavy (non-hydrogen) atoms. The van der Waals surface area contributed by atoms with Gasteiger partial charge in [0, 0.05) is 14.7 Å². The SMILES string of the molecule is C.C=C/C(S)=C(\S/C(SC(=C)C(=C)CCCCCCCCCCCCC)=C(/S)Br)C(=C)CCCCCCCCCCCCC. The third kappa shape index (κ3) is 26.4. The molecule has 0 rings (SSSR count). The number of halogens is 1. The van der Waals surface area contributed by atoms with Crippen LogP contribution in [0.5, 0.6) is 0 Å². The van der Waals surface area contributed by atoms with E-state index in [2.05, 4.69) is 68.7 Å². The maximum absolute atomic E-state index is 4.74. The van der Waals surface area contributed by atoms with Gasteiger partial charge >= 0.3 is 0 Å². The van der Waals surface area contributed by atoms with Crippen LogP contribution in [0.1, 0.15) is 175 Å². The smallest absolute Gasteiger partial charge is 0.0702 e. The molecular formula is C39H69BrS4. The lowest BCUT2D eigenvalue weighted by Gasteiger charge is -2.17. The Kier molecular flexibility index (Phi) is 35.1. The molecule has 0 nitrogen and oxygen atoms in total. The first kappa shape index (κ1) is 46.4. The summed E-state index contributed by atoms with van der Waals surface area (Å²) in [6, 6.07) is 0. The van der Waals surface area contributed by atoms with Gasteiger partial charge in [-0.25, -0.2) is 0 Å². The maximum Gasteiger partial charge on any atom is 0.0702 e. The number of thiol groups is 2. The highest BCUT2D eigenvalue weighted by molar-refractivity contribution is 9.13. The van der Waals surface area contributed by atoms with Crippen LogP contribution in [0.4, 0.5) is 0 Å². The van der Waals surface area contributed by atoms with Gasteiger partial charge in [0.25, 0.3) is 0 Å². The molecule has 0 atom stereocenters. The van der Waals surface area contributed by atoms with Crippen molar-refractivity contribution < 1.29 is 0 Å². The first-order valence-corrected chi connectivity index (χ1v) is 20.7. The molecule has 0 N–H and O–H groups in total. The van der Waals surface area contributed by atoms with Gasteiger partial charge in [-0.3, -0.25) is 0 Å². The second kappa shape index (κ2) is 33.2. The minimum absolute atomic E-state index is 0. The van der Waals surface area contributed by atoms with E-state index in [4.69, 9.17) is 12.6 Å². The number of allylic oxidation sites excluding steroid dienone is 3. The molecule has 0 radical (unpaired) electrons. The lowest BCUT2D eigenvalue weighted by molar-refractivity contribution is 0.550. The van der Waals surface area contributed by atoms with Crippen LogP contribution in [-0.4, -0.2) is 0 Å². The number of rotatable bonds is 31. The topological polar surface area (TPSA) is 0 Å². The Bertz CT molecular complexity index is 835. The summed E-state index contributed by atoms with van der Waals surface area (Å²) in [4.78, 5) is 2.95. The fourth-order valence-electron chi connectivity index (χ4n) is 5.04. The molecule has 0 saturated heterocycles. The lowest BCUT2D eigenvalue weighted by atomic mass is 10.0. The number of hydrogen-bond donors (Lipinski definition) is 2. The molecule has 5 heteroatoms. The largest absolute Gasteiger partial charge is 0.142 e. The van der Waals surface area contributed by atoms with E-state index in [0.717, 1.165) is 53.2 Å². The summed E-state index contributed by atoms with van der Waals surface area (Å²) in [6.07, 6.45) is 33.5. The van der Waals surface area contributed by atoms with Gasteiger partial charge in [0.1, 0.15) is 0 Å². The third-order valence-corrected chi connectivity index (χ3v) is 12.4. The summed E-state index contributed by atoms with van der Waals surface area (Å²) in [5.74, 6) is 0. The molecule has 0 bridgehead atoms. The van der Waals surface area contributed by atoms with Crippen molar-refractivity contribution in [2.45, 2.75) is 175 Å². The molecule has 0 fully saturated rings. The zero-order chi connectivity index (χ0) is 32.1. The van der Waals surface area contributed by atoms with E-state index < -0.39 is 0 Å². The maximum atomic E-state index is 4.74. The molecule has 0 aromatic heterocycles. The Balaban J connectivity index is 0. The van der Waals surface area contributed by atoms with Crippen LogP contribution in [0.25, 0.3) is 0 Å². The van der Waals surface area contributed by atoms with E-state index in [1.807, 2.05) is 6.08 Å². The molecule has 0 aliphatic carbocycles. The van der Waals surface area contributed by atoms with Crippen molar-refractivity contribution in [1.29, 1.82) is 0 Å². The fourth-order valence-corrected chi connectivity index (χ4v) is 8.07. The van der Waals surface area contributed by atoms with E-state index >= 15 is 0 Å². The summed E-state index contributed by atoms with van der Waals surface area (Å²) in [7, 11) is 0. The number of hydrogen-bond acceptors (Lipinski definition) is 4. The van der Waals surface area contributed by atoms with E-state index in [1.54, 1.807) is 23.5 Å². The summed E-state index contributed by atoms with van der Waals surface area (Å²) in [5, 5.41) is 0. The van der Waals surface area contributed by atoms with Gasteiger partial charge < -0.3 is 0 Å². The van der Waals surface area contributed by atoms with Gasteiger partial charge in [-0.15, -0.1) is 25.3 Å². The average Bonchev–Trinajstić information content (AvgIpc) is 2.99. The average molecular weight is 746 g/mol. The molecule has 0 aromatic carbocycles. The van der Waals surface area contributed by atoms with Crippen LogP contribution in [0.2, 0.25) is 0 Å². The van der Waals surface area contributed by atoms with E-state index in [9.17, 15) is 0 Å². The van der Waals surface area contributed by atoms with E-state index in [0.29, 0.717) is 0 Å².